The largest absolute Gasteiger partial charge is 0.421 e. The molecule has 0 spiro atoms. The molecule has 3 aliphatic rings. The van der Waals surface area contributed by atoms with E-state index < -0.39 is 0 Å². The fourth-order valence-electron chi connectivity index (χ4n) is 3.65. The predicted molar refractivity (Wildman–Crippen MR) is 117 cm³/mol. The maximum absolute atomic E-state index is 5.51. The molecule has 1 fully saturated rings. The molecular formula is C21H21N8OS+. The zero-order valence-corrected chi connectivity index (χ0v) is 17.7. The second kappa shape index (κ2) is 7.40. The Hall–Kier alpha value is -3.37. The van der Waals surface area contributed by atoms with Gasteiger partial charge < -0.3 is 4.42 Å². The van der Waals surface area contributed by atoms with Crippen molar-refractivity contribution >= 4 is 23.6 Å². The number of nitrogens with one attached hydrogen (secondary N) is 3. The molecule has 2 aromatic heterocycles. The number of nitrogens with zero attached hydrogens (tertiary/aromatic N) is 5. The minimum atomic E-state index is 0.536. The molecule has 2 aliphatic heterocycles. The van der Waals surface area contributed by atoms with Gasteiger partial charge >= 0.3 is 0 Å². The number of aromatic amines is 1. The summed E-state index contributed by atoms with van der Waals surface area (Å²) in [5.74, 6) is 4.63. The summed E-state index contributed by atoms with van der Waals surface area (Å²) in [4.78, 5) is 6.78. The Bertz CT molecular complexity index is 1200. The Labute approximate surface area is 183 Å². The van der Waals surface area contributed by atoms with Crippen molar-refractivity contribution in [1.29, 1.82) is 0 Å². The van der Waals surface area contributed by atoms with Gasteiger partial charge in [-0.2, -0.15) is 5.10 Å². The van der Waals surface area contributed by atoms with Crippen LogP contribution in [-0.4, -0.2) is 37.1 Å². The van der Waals surface area contributed by atoms with Crippen LogP contribution in [-0.2, 0) is 0 Å². The molecular weight excluding hydrogens is 412 g/mol. The summed E-state index contributed by atoms with van der Waals surface area (Å²) in [5, 5.41) is 19.0. The zero-order valence-electron chi connectivity index (χ0n) is 16.9. The highest BCUT2D eigenvalue weighted by atomic mass is 32.2. The van der Waals surface area contributed by atoms with Crippen LogP contribution in [0.4, 0.5) is 5.82 Å². The third-order valence-corrected chi connectivity index (χ3v) is 6.33. The lowest BCUT2D eigenvalue weighted by molar-refractivity contribution is -0.699. The van der Waals surface area contributed by atoms with Crippen LogP contribution in [0.15, 0.2) is 69.1 Å². The number of anilines is 1. The van der Waals surface area contributed by atoms with Gasteiger partial charge in [0.1, 0.15) is 12.7 Å². The van der Waals surface area contributed by atoms with Gasteiger partial charge in [-0.25, -0.2) is 9.89 Å². The van der Waals surface area contributed by atoms with Gasteiger partial charge in [-0.05, 0) is 49.1 Å². The van der Waals surface area contributed by atoms with E-state index in [9.17, 15) is 0 Å². The van der Waals surface area contributed by atoms with Crippen LogP contribution in [0.25, 0.3) is 11.5 Å². The average Bonchev–Trinajstić information content (AvgIpc) is 3.13. The summed E-state index contributed by atoms with van der Waals surface area (Å²) >= 11 is 1.66. The number of aliphatic imine (C=N–C) groups is 1. The van der Waals surface area contributed by atoms with Crippen molar-refractivity contribution in [2.45, 2.75) is 30.6 Å². The number of benzene rings is 1. The number of quaternary nitrogens is 1. The lowest BCUT2D eigenvalue weighted by Gasteiger charge is -2.27. The topological polar surface area (TPSA) is 99.7 Å². The first-order chi connectivity index (χ1) is 15.2. The highest BCUT2D eigenvalue weighted by molar-refractivity contribution is 7.97. The SMILES string of the molecule is Cc1nnc(-c2ccc(SN3C=C(Nc4cc(C5CC5)[nH]n4)[NH+]4C=CN=C4C3)cc2)o1. The van der Waals surface area contributed by atoms with Crippen LogP contribution >= 0.6 is 11.9 Å². The lowest BCUT2D eigenvalue weighted by Crippen LogP contribution is -3.10. The monoisotopic (exact) mass is 433 g/mol. The molecule has 9 nitrogen and oxygen atoms in total. The second-order valence-corrected chi connectivity index (χ2v) is 8.90. The van der Waals surface area contributed by atoms with Crippen LogP contribution in [0.1, 0.15) is 30.3 Å². The van der Waals surface area contributed by atoms with Gasteiger partial charge in [0, 0.05) is 35.1 Å². The zero-order chi connectivity index (χ0) is 20.8. The third kappa shape index (κ3) is 3.75. The van der Waals surface area contributed by atoms with E-state index in [0.717, 1.165) is 39.4 Å². The molecule has 0 radical (unpaired) electrons. The smallest absolute Gasteiger partial charge is 0.247 e. The van der Waals surface area contributed by atoms with E-state index in [1.807, 2.05) is 24.5 Å². The van der Waals surface area contributed by atoms with E-state index in [1.165, 1.54) is 18.5 Å². The molecule has 1 aliphatic carbocycles. The van der Waals surface area contributed by atoms with Crippen LogP contribution in [0.5, 0.6) is 0 Å². The number of amidine groups is 1. The first-order valence-corrected chi connectivity index (χ1v) is 11.0. The summed E-state index contributed by atoms with van der Waals surface area (Å²) in [6.45, 7) is 2.52. The molecule has 10 heteroatoms. The lowest BCUT2D eigenvalue weighted by atomic mass is 10.2. The summed E-state index contributed by atoms with van der Waals surface area (Å²) < 4.78 is 7.69. The Morgan fingerprint density at radius 1 is 1.23 bits per heavy atom. The van der Waals surface area contributed by atoms with Crippen molar-refractivity contribution < 1.29 is 9.32 Å². The van der Waals surface area contributed by atoms with Crippen molar-refractivity contribution in [3.8, 4) is 11.5 Å². The first kappa shape index (κ1) is 18.4. The van der Waals surface area contributed by atoms with Gasteiger partial charge in [0.2, 0.25) is 23.4 Å². The van der Waals surface area contributed by atoms with E-state index in [-0.39, 0.29) is 0 Å². The van der Waals surface area contributed by atoms with Gasteiger partial charge in [-0.3, -0.25) is 14.7 Å². The molecule has 0 amide bonds. The average molecular weight is 434 g/mol. The van der Waals surface area contributed by atoms with Gasteiger partial charge in [-0.1, -0.05) is 0 Å². The fraction of sp³-hybridized carbons (Fsp3) is 0.238. The summed E-state index contributed by atoms with van der Waals surface area (Å²) in [7, 11) is 0. The van der Waals surface area contributed by atoms with Gasteiger partial charge in [0.15, 0.2) is 5.82 Å². The number of H-pyrrole nitrogens is 1. The Morgan fingerprint density at radius 3 is 2.87 bits per heavy atom. The van der Waals surface area contributed by atoms with Gasteiger partial charge in [0.25, 0.3) is 0 Å². The minimum absolute atomic E-state index is 0.536. The summed E-state index contributed by atoms with van der Waals surface area (Å²) in [5.41, 5.74) is 2.12. The van der Waals surface area contributed by atoms with Crippen molar-refractivity contribution in [3.05, 3.63) is 66.3 Å². The summed E-state index contributed by atoms with van der Waals surface area (Å²) in [6, 6.07) is 10.2. The van der Waals surface area contributed by atoms with E-state index in [1.54, 1.807) is 18.9 Å². The highest BCUT2D eigenvalue weighted by Crippen LogP contribution is 2.39. The van der Waals surface area contributed by atoms with Crippen LogP contribution in [0.3, 0.4) is 0 Å². The molecule has 6 rings (SSSR count). The quantitative estimate of drug-likeness (QED) is 0.514. The molecule has 3 N–H and O–H groups in total. The minimum Gasteiger partial charge on any atom is -0.421 e. The van der Waals surface area contributed by atoms with E-state index >= 15 is 0 Å². The van der Waals surface area contributed by atoms with Crippen molar-refractivity contribution in [2.24, 2.45) is 4.99 Å². The number of hydrogen-bond donors (Lipinski definition) is 3. The van der Waals surface area contributed by atoms with Gasteiger partial charge in [-0.15, -0.1) is 10.2 Å². The first-order valence-electron chi connectivity index (χ1n) is 10.2. The van der Waals surface area contributed by atoms with Crippen LogP contribution in [0, 0.1) is 6.92 Å². The molecule has 0 bridgehead atoms. The number of aromatic nitrogens is 4. The Morgan fingerprint density at radius 2 is 2.10 bits per heavy atom. The van der Waals surface area contributed by atoms with Crippen LogP contribution in [0.2, 0.25) is 0 Å². The molecule has 156 valence electrons. The number of aryl methyl sites for hydroxylation is 1. The molecule has 4 heterocycles. The van der Waals surface area contributed by atoms with Gasteiger partial charge in [0.05, 0.1) is 12.4 Å². The molecule has 31 heavy (non-hydrogen) atoms. The molecule has 0 saturated heterocycles. The van der Waals surface area contributed by atoms with E-state index in [0.29, 0.717) is 17.7 Å². The summed E-state index contributed by atoms with van der Waals surface area (Å²) in [6.07, 6.45) is 8.52. The normalized spacial score (nSPS) is 19.9. The third-order valence-electron chi connectivity index (χ3n) is 5.38. The number of fused-ring (bicyclic) bond motifs is 1. The molecule has 1 atom stereocenters. The highest BCUT2D eigenvalue weighted by Gasteiger charge is 2.32. The van der Waals surface area contributed by atoms with E-state index in [2.05, 4.69) is 59.4 Å². The molecule has 1 saturated carbocycles. The second-order valence-electron chi connectivity index (χ2n) is 7.77. The Kier molecular flexibility index (Phi) is 4.39. The molecule has 1 aromatic carbocycles. The number of hydrogen-bond acceptors (Lipinski definition) is 8. The maximum atomic E-state index is 5.51. The molecule has 1 unspecified atom stereocenters. The molecule has 3 aromatic rings. The van der Waals surface area contributed by atoms with Crippen molar-refractivity contribution in [1.82, 2.24) is 24.7 Å². The van der Waals surface area contributed by atoms with Crippen LogP contribution < -0.4 is 10.2 Å². The van der Waals surface area contributed by atoms with Crippen molar-refractivity contribution in [2.75, 3.05) is 11.9 Å². The predicted octanol–water partition coefficient (Wildman–Crippen LogP) is 2.65. The van der Waals surface area contributed by atoms with E-state index in [4.69, 9.17) is 4.42 Å². The maximum Gasteiger partial charge on any atom is 0.247 e. The fourth-order valence-corrected chi connectivity index (χ4v) is 4.53. The standard InChI is InChI=1S/C21H20N8OS/c1-13-24-27-21(30-13)15-4-6-16(7-5-15)31-28-11-19-22-8-9-29(19)20(12-28)23-18-10-17(25-26-18)14-2-3-14/h4-10,12,14H,2-3,11H2,1H3,(H2,23,25,26)/p+1. The Balaban J connectivity index is 1.20. The number of rotatable bonds is 6. The van der Waals surface area contributed by atoms with Crippen molar-refractivity contribution in [3.63, 3.8) is 0 Å².